The predicted molar refractivity (Wildman–Crippen MR) is 159 cm³/mol. The van der Waals surface area contributed by atoms with Gasteiger partial charge in [-0.3, -0.25) is 0 Å². The van der Waals surface area contributed by atoms with E-state index < -0.39 is 6.04 Å². The second-order valence-electron chi connectivity index (χ2n) is 9.44. The third-order valence-corrected chi connectivity index (χ3v) is 7.73. The van der Waals surface area contributed by atoms with Crippen LogP contribution in [0.15, 0.2) is 58.9 Å². The highest BCUT2D eigenvalue weighted by molar-refractivity contribution is 7.99. The minimum Gasteiger partial charge on any atom is -0.490 e. The van der Waals surface area contributed by atoms with Crippen LogP contribution < -0.4 is 14.8 Å². The lowest BCUT2D eigenvalue weighted by molar-refractivity contribution is -0.139. The second kappa shape index (κ2) is 14.5. The molecule has 1 aliphatic rings. The number of nitrogens with zero attached hydrogens (tertiary/aromatic N) is 3. The fraction of sp³-hybridized carbons (Fsp3) is 0.433. The molecule has 40 heavy (non-hydrogen) atoms. The SMILES string of the molecule is CCCCOC(=O)C1=C(C)Nc2nc(SCCCC)nn2C1c1ccc(OCc2ccccc2Cl)c(OCC)c1. The number of hydrogen-bond acceptors (Lipinski definition) is 8. The van der Waals surface area contributed by atoms with Crippen LogP contribution in [-0.4, -0.2) is 39.7 Å². The summed E-state index contributed by atoms with van der Waals surface area (Å²) in [6, 6.07) is 12.7. The molecule has 4 rings (SSSR count). The van der Waals surface area contributed by atoms with Crippen molar-refractivity contribution in [2.75, 3.05) is 24.3 Å². The highest BCUT2D eigenvalue weighted by atomic mass is 35.5. The van der Waals surface area contributed by atoms with Crippen LogP contribution in [0.5, 0.6) is 11.5 Å². The molecule has 2 heterocycles. The Morgan fingerprint density at radius 2 is 1.88 bits per heavy atom. The molecular weight excluding hydrogens is 548 g/mol. The van der Waals surface area contributed by atoms with Gasteiger partial charge in [0.25, 0.3) is 0 Å². The molecule has 0 saturated carbocycles. The zero-order chi connectivity index (χ0) is 28.5. The first-order valence-electron chi connectivity index (χ1n) is 13.8. The van der Waals surface area contributed by atoms with Gasteiger partial charge < -0.3 is 19.5 Å². The lowest BCUT2D eigenvalue weighted by atomic mass is 9.95. The summed E-state index contributed by atoms with van der Waals surface area (Å²) in [5, 5.41) is 9.39. The number of rotatable bonds is 14. The van der Waals surface area contributed by atoms with Crippen molar-refractivity contribution in [2.45, 2.75) is 71.2 Å². The number of unbranched alkanes of at least 4 members (excludes halogenated alkanes) is 2. The Balaban J connectivity index is 1.70. The van der Waals surface area contributed by atoms with E-state index in [4.69, 9.17) is 35.9 Å². The number of allylic oxidation sites excluding steroid dienone is 1. The molecule has 1 unspecified atom stereocenters. The molecule has 8 nitrogen and oxygen atoms in total. The van der Waals surface area contributed by atoms with Crippen molar-refractivity contribution in [3.63, 3.8) is 0 Å². The monoisotopic (exact) mass is 584 g/mol. The Morgan fingerprint density at radius 3 is 2.62 bits per heavy atom. The second-order valence-corrected chi connectivity index (χ2v) is 10.9. The summed E-state index contributed by atoms with van der Waals surface area (Å²) in [4.78, 5) is 18.1. The van der Waals surface area contributed by atoms with E-state index in [9.17, 15) is 4.79 Å². The summed E-state index contributed by atoms with van der Waals surface area (Å²) >= 11 is 7.94. The molecule has 214 valence electrons. The third-order valence-electron chi connectivity index (χ3n) is 6.44. The number of aromatic nitrogens is 3. The summed E-state index contributed by atoms with van der Waals surface area (Å²) in [6.45, 7) is 9.12. The number of hydrogen-bond donors (Lipinski definition) is 1. The Morgan fingerprint density at radius 1 is 1.07 bits per heavy atom. The lowest BCUT2D eigenvalue weighted by Gasteiger charge is -2.28. The van der Waals surface area contributed by atoms with Crippen molar-refractivity contribution >= 4 is 35.3 Å². The van der Waals surface area contributed by atoms with Crippen LogP contribution in [0.3, 0.4) is 0 Å². The number of carbonyl (C=O) groups is 1. The topological polar surface area (TPSA) is 87.5 Å². The van der Waals surface area contributed by atoms with Crippen LogP contribution >= 0.6 is 23.4 Å². The van der Waals surface area contributed by atoms with Gasteiger partial charge in [0.2, 0.25) is 11.1 Å². The van der Waals surface area contributed by atoms with Gasteiger partial charge in [0.05, 0.1) is 18.8 Å². The van der Waals surface area contributed by atoms with Crippen LogP contribution in [0, 0.1) is 0 Å². The summed E-state index contributed by atoms with van der Waals surface area (Å²) in [5.41, 5.74) is 2.87. The molecule has 1 aliphatic heterocycles. The first-order valence-corrected chi connectivity index (χ1v) is 15.2. The van der Waals surface area contributed by atoms with Crippen molar-refractivity contribution in [1.29, 1.82) is 0 Å². The van der Waals surface area contributed by atoms with E-state index in [-0.39, 0.29) is 5.97 Å². The fourth-order valence-electron chi connectivity index (χ4n) is 4.31. The molecule has 0 aliphatic carbocycles. The van der Waals surface area contributed by atoms with Crippen molar-refractivity contribution < 1.29 is 19.0 Å². The van der Waals surface area contributed by atoms with Gasteiger partial charge in [-0.15, -0.1) is 5.10 Å². The van der Waals surface area contributed by atoms with Crippen LogP contribution in [0.2, 0.25) is 5.02 Å². The van der Waals surface area contributed by atoms with Crippen LogP contribution in [-0.2, 0) is 16.1 Å². The number of benzene rings is 2. The first-order chi connectivity index (χ1) is 19.5. The molecule has 3 aromatic rings. The Labute approximate surface area is 245 Å². The van der Waals surface area contributed by atoms with Crippen molar-refractivity contribution in [3.8, 4) is 11.5 Å². The quantitative estimate of drug-likeness (QED) is 0.119. The third kappa shape index (κ3) is 7.12. The minimum absolute atomic E-state index is 0.298. The van der Waals surface area contributed by atoms with Crippen LogP contribution in [0.1, 0.15) is 70.5 Å². The van der Waals surface area contributed by atoms with E-state index in [0.717, 1.165) is 42.6 Å². The average Bonchev–Trinajstić information content (AvgIpc) is 3.35. The standard InChI is InChI=1S/C30H37ClN4O4S/c1-5-8-16-38-28(36)26-20(4)32-29-33-30(40-17-9-6-2)34-35(29)27(26)21-14-15-24(25(18-21)37-7-3)39-19-22-12-10-11-13-23(22)31/h10-15,18,27H,5-9,16-17,19H2,1-4H3,(H,32,33,34). The molecule has 0 saturated heterocycles. The number of ether oxygens (including phenoxy) is 3. The largest absolute Gasteiger partial charge is 0.490 e. The minimum atomic E-state index is -0.546. The zero-order valence-electron chi connectivity index (χ0n) is 23.5. The molecule has 0 amide bonds. The van der Waals surface area contributed by atoms with E-state index in [1.807, 2.05) is 56.3 Å². The average molecular weight is 585 g/mol. The van der Waals surface area contributed by atoms with Crippen LogP contribution in [0.25, 0.3) is 0 Å². The van der Waals surface area contributed by atoms with Gasteiger partial charge in [-0.25, -0.2) is 9.48 Å². The van der Waals surface area contributed by atoms with Gasteiger partial charge in [0, 0.05) is 22.0 Å². The predicted octanol–water partition coefficient (Wildman–Crippen LogP) is 7.43. The molecule has 0 radical (unpaired) electrons. The van der Waals surface area contributed by atoms with E-state index in [1.54, 1.807) is 16.4 Å². The molecule has 0 bridgehead atoms. The van der Waals surface area contributed by atoms with Gasteiger partial charge in [-0.1, -0.05) is 74.3 Å². The smallest absolute Gasteiger partial charge is 0.338 e. The first kappa shape index (κ1) is 29.8. The molecule has 10 heteroatoms. The zero-order valence-corrected chi connectivity index (χ0v) is 25.1. The van der Waals surface area contributed by atoms with E-state index in [1.165, 1.54) is 0 Å². The molecule has 1 atom stereocenters. The summed E-state index contributed by atoms with van der Waals surface area (Å²) in [6.07, 6.45) is 3.91. The summed E-state index contributed by atoms with van der Waals surface area (Å²) in [5.74, 6) is 2.29. The number of anilines is 1. The maximum atomic E-state index is 13.4. The highest BCUT2D eigenvalue weighted by Gasteiger charge is 2.36. The van der Waals surface area contributed by atoms with Gasteiger partial charge in [0.1, 0.15) is 12.6 Å². The number of halogens is 1. The normalized spacial score (nSPS) is 14.5. The summed E-state index contributed by atoms with van der Waals surface area (Å²) < 4.78 is 19.6. The van der Waals surface area contributed by atoms with Gasteiger partial charge >= 0.3 is 5.97 Å². The van der Waals surface area contributed by atoms with Gasteiger partial charge in [-0.05, 0) is 50.5 Å². The number of esters is 1. The Kier molecular flexibility index (Phi) is 10.8. The molecule has 0 fully saturated rings. The van der Waals surface area contributed by atoms with E-state index >= 15 is 0 Å². The summed E-state index contributed by atoms with van der Waals surface area (Å²) in [7, 11) is 0. The maximum Gasteiger partial charge on any atom is 0.338 e. The van der Waals surface area contributed by atoms with E-state index in [0.29, 0.717) is 58.7 Å². The van der Waals surface area contributed by atoms with Crippen LogP contribution in [0.4, 0.5) is 5.95 Å². The molecule has 0 spiro atoms. The molecule has 1 N–H and O–H groups in total. The fourth-order valence-corrected chi connectivity index (χ4v) is 5.42. The molecule has 1 aromatic heterocycles. The Bertz CT molecular complexity index is 1340. The lowest BCUT2D eigenvalue weighted by Crippen LogP contribution is -2.30. The van der Waals surface area contributed by atoms with Crippen molar-refractivity contribution in [2.24, 2.45) is 0 Å². The number of fused-ring (bicyclic) bond motifs is 1. The molecule has 2 aromatic carbocycles. The van der Waals surface area contributed by atoms with Crippen molar-refractivity contribution in [3.05, 3.63) is 69.9 Å². The van der Waals surface area contributed by atoms with Gasteiger partial charge in [0.15, 0.2) is 11.5 Å². The maximum absolute atomic E-state index is 13.4. The Hall–Kier alpha value is -3.17. The highest BCUT2D eigenvalue weighted by Crippen LogP contribution is 2.40. The molecular formula is C30H37ClN4O4S. The van der Waals surface area contributed by atoms with Gasteiger partial charge in [-0.2, -0.15) is 4.98 Å². The van der Waals surface area contributed by atoms with Crippen molar-refractivity contribution in [1.82, 2.24) is 14.8 Å². The van der Waals surface area contributed by atoms with E-state index in [2.05, 4.69) is 19.2 Å². The number of carbonyl (C=O) groups excluding carboxylic acids is 1. The number of thioether (sulfide) groups is 1. The number of nitrogens with one attached hydrogen (secondary N) is 1.